The molecule has 0 fully saturated rings. The standard InChI is InChI=1S/C56H37NO/c1-4-16-38(17-5-1)40-28-31-44(32-29-40)57(51-33-30-42(39-18-6-2-7-19-39)36-49(51)41-20-8-3-9-21-41)52-34-35-54-56(48-26-14-15-27-53(48)58-54)55(52)50-37-43-22-10-11-23-45(43)46-24-12-13-25-47(46)50/h1-37H. The zero-order valence-electron chi connectivity index (χ0n) is 31.7. The highest BCUT2D eigenvalue weighted by Crippen LogP contribution is 2.51. The van der Waals surface area contributed by atoms with Crippen LogP contribution in [0.3, 0.4) is 0 Å². The van der Waals surface area contributed by atoms with Gasteiger partial charge in [0.1, 0.15) is 11.2 Å². The molecule has 1 heterocycles. The van der Waals surface area contributed by atoms with Crippen molar-refractivity contribution in [3.05, 3.63) is 224 Å². The van der Waals surface area contributed by atoms with Gasteiger partial charge in [-0.3, -0.25) is 0 Å². The van der Waals surface area contributed by atoms with Gasteiger partial charge in [0.05, 0.1) is 11.4 Å². The molecule has 11 aromatic rings. The minimum Gasteiger partial charge on any atom is -0.456 e. The Kier molecular flexibility index (Phi) is 8.19. The summed E-state index contributed by atoms with van der Waals surface area (Å²) in [6, 6.07) is 80.8. The molecule has 1 aromatic heterocycles. The number of nitrogens with zero attached hydrogens (tertiary/aromatic N) is 1. The monoisotopic (exact) mass is 739 g/mol. The summed E-state index contributed by atoms with van der Waals surface area (Å²) in [5.74, 6) is 0. The molecule has 58 heavy (non-hydrogen) atoms. The van der Waals surface area contributed by atoms with E-state index in [9.17, 15) is 0 Å². The van der Waals surface area contributed by atoms with Gasteiger partial charge in [-0.15, -0.1) is 0 Å². The van der Waals surface area contributed by atoms with Crippen LogP contribution >= 0.6 is 0 Å². The van der Waals surface area contributed by atoms with Crippen molar-refractivity contribution in [2.45, 2.75) is 0 Å². The van der Waals surface area contributed by atoms with E-state index in [4.69, 9.17) is 4.42 Å². The molecule has 0 bridgehead atoms. The molecule has 0 amide bonds. The fraction of sp³-hybridized carbons (Fsp3) is 0. The predicted octanol–water partition coefficient (Wildman–Crippen LogP) is 16.0. The second-order valence-electron chi connectivity index (χ2n) is 14.8. The highest BCUT2D eigenvalue weighted by molar-refractivity contribution is 6.23. The maximum atomic E-state index is 6.66. The summed E-state index contributed by atoms with van der Waals surface area (Å²) >= 11 is 0. The SMILES string of the molecule is c1ccc(-c2ccc(N(c3ccc(-c4ccccc4)cc3-c3ccccc3)c3ccc4oc5ccccc5c4c3-c3cc4ccccc4c4ccccc34)cc2)cc1. The van der Waals surface area contributed by atoms with Crippen LogP contribution in [-0.2, 0) is 0 Å². The molecule has 2 heteroatoms. The van der Waals surface area contributed by atoms with Gasteiger partial charge < -0.3 is 9.32 Å². The number of anilines is 3. The summed E-state index contributed by atoms with van der Waals surface area (Å²) in [4.78, 5) is 2.46. The summed E-state index contributed by atoms with van der Waals surface area (Å²) in [5.41, 5.74) is 14.2. The Morgan fingerprint density at radius 2 is 0.845 bits per heavy atom. The van der Waals surface area contributed by atoms with Gasteiger partial charge in [-0.1, -0.05) is 176 Å². The van der Waals surface area contributed by atoms with Crippen molar-refractivity contribution in [1.29, 1.82) is 0 Å². The number of hydrogen-bond donors (Lipinski definition) is 0. The fourth-order valence-electron chi connectivity index (χ4n) is 8.76. The maximum Gasteiger partial charge on any atom is 0.136 e. The van der Waals surface area contributed by atoms with Crippen molar-refractivity contribution in [2.75, 3.05) is 4.90 Å². The van der Waals surface area contributed by atoms with Crippen LogP contribution in [0.15, 0.2) is 229 Å². The van der Waals surface area contributed by atoms with E-state index in [0.29, 0.717) is 0 Å². The van der Waals surface area contributed by atoms with Crippen LogP contribution in [0.4, 0.5) is 17.1 Å². The summed E-state index contributed by atoms with van der Waals surface area (Å²) < 4.78 is 6.66. The highest BCUT2D eigenvalue weighted by atomic mass is 16.3. The lowest BCUT2D eigenvalue weighted by molar-refractivity contribution is 0.669. The van der Waals surface area contributed by atoms with E-state index < -0.39 is 0 Å². The fourth-order valence-corrected chi connectivity index (χ4v) is 8.76. The number of para-hydroxylation sites is 1. The molecule has 0 aliphatic rings. The average molecular weight is 740 g/mol. The molecule has 0 saturated carbocycles. The van der Waals surface area contributed by atoms with Crippen LogP contribution in [0.25, 0.3) is 88.0 Å². The van der Waals surface area contributed by atoms with Gasteiger partial charge in [-0.25, -0.2) is 0 Å². The van der Waals surface area contributed by atoms with E-state index in [-0.39, 0.29) is 0 Å². The molecular formula is C56H37NO. The minimum absolute atomic E-state index is 0.860. The van der Waals surface area contributed by atoms with Crippen molar-refractivity contribution in [3.8, 4) is 44.5 Å². The average Bonchev–Trinajstić information content (AvgIpc) is 3.69. The van der Waals surface area contributed by atoms with Crippen LogP contribution in [0.1, 0.15) is 0 Å². The van der Waals surface area contributed by atoms with Crippen LogP contribution in [0.5, 0.6) is 0 Å². The third-order valence-electron chi connectivity index (χ3n) is 11.5. The number of fused-ring (bicyclic) bond motifs is 6. The Hall–Kier alpha value is -7.68. The highest BCUT2D eigenvalue weighted by Gasteiger charge is 2.26. The Balaban J connectivity index is 1.26. The van der Waals surface area contributed by atoms with Crippen LogP contribution in [-0.4, -0.2) is 0 Å². The molecule has 272 valence electrons. The smallest absolute Gasteiger partial charge is 0.136 e. The van der Waals surface area contributed by atoms with Gasteiger partial charge in [0, 0.05) is 27.6 Å². The third kappa shape index (κ3) is 5.74. The zero-order chi connectivity index (χ0) is 38.4. The van der Waals surface area contributed by atoms with Crippen LogP contribution in [0, 0.1) is 0 Å². The van der Waals surface area contributed by atoms with E-state index in [1.807, 2.05) is 0 Å². The Bertz CT molecular complexity index is 3260. The Morgan fingerprint density at radius 3 is 1.57 bits per heavy atom. The van der Waals surface area contributed by atoms with E-state index in [1.165, 1.54) is 43.8 Å². The third-order valence-corrected chi connectivity index (χ3v) is 11.5. The minimum atomic E-state index is 0.860. The summed E-state index contributed by atoms with van der Waals surface area (Å²) in [7, 11) is 0. The van der Waals surface area contributed by atoms with E-state index in [2.05, 4.69) is 229 Å². The molecule has 2 nitrogen and oxygen atoms in total. The largest absolute Gasteiger partial charge is 0.456 e. The number of furan rings is 1. The van der Waals surface area contributed by atoms with Crippen LogP contribution in [0.2, 0.25) is 0 Å². The predicted molar refractivity (Wildman–Crippen MR) is 245 cm³/mol. The van der Waals surface area contributed by atoms with Gasteiger partial charge in [0.25, 0.3) is 0 Å². The van der Waals surface area contributed by atoms with Gasteiger partial charge in [0.2, 0.25) is 0 Å². The molecule has 11 rings (SSSR count). The maximum absolute atomic E-state index is 6.66. The molecule has 0 aliphatic heterocycles. The summed E-state index contributed by atoms with van der Waals surface area (Å²) in [5, 5.41) is 7.05. The topological polar surface area (TPSA) is 16.4 Å². The summed E-state index contributed by atoms with van der Waals surface area (Å²) in [6.07, 6.45) is 0. The van der Waals surface area contributed by atoms with Gasteiger partial charge >= 0.3 is 0 Å². The quantitative estimate of drug-likeness (QED) is 0.151. The molecule has 0 radical (unpaired) electrons. The lowest BCUT2D eigenvalue weighted by Gasteiger charge is -2.31. The first kappa shape index (κ1) is 33.6. The molecule has 0 saturated heterocycles. The first-order valence-electron chi connectivity index (χ1n) is 19.8. The lowest BCUT2D eigenvalue weighted by Crippen LogP contribution is -2.13. The molecule has 10 aromatic carbocycles. The molecule has 0 aliphatic carbocycles. The molecule has 0 atom stereocenters. The van der Waals surface area contributed by atoms with Crippen molar-refractivity contribution in [3.63, 3.8) is 0 Å². The van der Waals surface area contributed by atoms with E-state index in [1.54, 1.807) is 0 Å². The van der Waals surface area contributed by atoms with Crippen molar-refractivity contribution >= 4 is 60.5 Å². The first-order valence-corrected chi connectivity index (χ1v) is 19.8. The molecular weight excluding hydrogens is 703 g/mol. The molecule has 0 unspecified atom stereocenters. The van der Waals surface area contributed by atoms with E-state index >= 15 is 0 Å². The van der Waals surface area contributed by atoms with Crippen molar-refractivity contribution in [1.82, 2.24) is 0 Å². The molecule has 0 N–H and O–H groups in total. The lowest BCUT2D eigenvalue weighted by atomic mass is 9.89. The molecule has 0 spiro atoms. The second-order valence-corrected chi connectivity index (χ2v) is 14.8. The van der Waals surface area contributed by atoms with Gasteiger partial charge in [-0.05, 0) is 103 Å². The first-order chi connectivity index (χ1) is 28.8. The summed E-state index contributed by atoms with van der Waals surface area (Å²) in [6.45, 7) is 0. The number of hydrogen-bond acceptors (Lipinski definition) is 2. The van der Waals surface area contributed by atoms with E-state index in [0.717, 1.165) is 61.3 Å². The van der Waals surface area contributed by atoms with Gasteiger partial charge in [0.15, 0.2) is 0 Å². The Morgan fingerprint density at radius 1 is 0.310 bits per heavy atom. The Labute approximate surface area is 337 Å². The number of rotatable bonds is 7. The van der Waals surface area contributed by atoms with Crippen molar-refractivity contribution in [2.24, 2.45) is 0 Å². The van der Waals surface area contributed by atoms with Crippen molar-refractivity contribution < 1.29 is 4.42 Å². The van der Waals surface area contributed by atoms with Crippen LogP contribution < -0.4 is 4.90 Å². The normalized spacial score (nSPS) is 11.4. The number of benzene rings is 10. The second kappa shape index (κ2) is 14.1. The van der Waals surface area contributed by atoms with Gasteiger partial charge in [-0.2, -0.15) is 0 Å². The zero-order valence-corrected chi connectivity index (χ0v) is 31.7.